The summed E-state index contributed by atoms with van der Waals surface area (Å²) in [5.74, 6) is 0.529. The lowest BCUT2D eigenvalue weighted by Crippen LogP contribution is -2.35. The zero-order valence-electron chi connectivity index (χ0n) is 15.6. The predicted molar refractivity (Wildman–Crippen MR) is 104 cm³/mol. The first-order valence-corrected chi connectivity index (χ1v) is 8.58. The van der Waals surface area contributed by atoms with Gasteiger partial charge in [-0.25, -0.2) is 0 Å². The van der Waals surface area contributed by atoms with Crippen LogP contribution in [0.4, 0.5) is 5.69 Å². The number of rotatable bonds is 10. The Labute approximate surface area is 159 Å². The van der Waals surface area contributed by atoms with Gasteiger partial charge in [0.25, 0.3) is 0 Å². The molecule has 0 saturated heterocycles. The highest BCUT2D eigenvalue weighted by molar-refractivity contribution is 5.94. The molecule has 2 amide bonds. The highest BCUT2D eigenvalue weighted by Gasteiger charge is 2.15. The number of carbonyl (C=O) groups is 2. The second-order valence-corrected chi connectivity index (χ2v) is 6.03. The number of methoxy groups -OCH3 is 2. The molecule has 0 unspecified atom stereocenters. The summed E-state index contributed by atoms with van der Waals surface area (Å²) in [4.78, 5) is 25.6. The van der Waals surface area contributed by atoms with Crippen molar-refractivity contribution < 1.29 is 19.1 Å². The monoisotopic (exact) mass is 371 g/mol. The Morgan fingerprint density at radius 2 is 1.81 bits per heavy atom. The van der Waals surface area contributed by atoms with E-state index in [4.69, 9.17) is 15.2 Å². The minimum Gasteiger partial charge on any atom is -0.497 e. The third-order valence-corrected chi connectivity index (χ3v) is 3.97. The highest BCUT2D eigenvalue weighted by Crippen LogP contribution is 2.28. The smallest absolute Gasteiger partial charge is 0.238 e. The Morgan fingerprint density at radius 3 is 2.44 bits per heavy atom. The maximum Gasteiger partial charge on any atom is 0.238 e. The minimum atomic E-state index is -0.400. The first-order valence-electron chi connectivity index (χ1n) is 8.58. The summed E-state index contributed by atoms with van der Waals surface area (Å²) in [7, 11) is 3.09. The van der Waals surface area contributed by atoms with Gasteiger partial charge in [0.15, 0.2) is 0 Å². The van der Waals surface area contributed by atoms with Gasteiger partial charge in [0, 0.05) is 25.6 Å². The minimum absolute atomic E-state index is 0.114. The molecule has 7 nitrogen and oxygen atoms in total. The number of hydrogen-bond acceptors (Lipinski definition) is 5. The zero-order chi connectivity index (χ0) is 19.6. The molecule has 2 aromatic rings. The standard InChI is InChI=1S/C20H25N3O4/c1-26-16-8-9-18(27-2)17(12-16)22-20(25)14-23(11-10-19(21)24)13-15-6-4-3-5-7-15/h3-9,12H,10-11,13-14H2,1-2H3,(H2,21,24)(H,22,25). The number of amides is 2. The van der Waals surface area contributed by atoms with Crippen molar-refractivity contribution >= 4 is 17.5 Å². The van der Waals surface area contributed by atoms with E-state index in [0.717, 1.165) is 5.56 Å². The van der Waals surface area contributed by atoms with E-state index in [9.17, 15) is 9.59 Å². The molecule has 0 aromatic heterocycles. The van der Waals surface area contributed by atoms with Gasteiger partial charge in [0.05, 0.1) is 26.5 Å². The number of primary amides is 1. The number of hydrogen-bond donors (Lipinski definition) is 2. The Morgan fingerprint density at radius 1 is 1.07 bits per heavy atom. The second kappa shape index (κ2) is 10.2. The second-order valence-electron chi connectivity index (χ2n) is 6.03. The maximum absolute atomic E-state index is 12.6. The van der Waals surface area contributed by atoms with Gasteiger partial charge >= 0.3 is 0 Å². The third-order valence-electron chi connectivity index (χ3n) is 3.97. The van der Waals surface area contributed by atoms with E-state index in [2.05, 4.69) is 5.32 Å². The Bertz CT molecular complexity index is 765. The molecule has 0 heterocycles. The van der Waals surface area contributed by atoms with Crippen molar-refractivity contribution in [1.29, 1.82) is 0 Å². The largest absolute Gasteiger partial charge is 0.497 e. The van der Waals surface area contributed by atoms with E-state index in [1.165, 1.54) is 7.11 Å². The van der Waals surface area contributed by atoms with Gasteiger partial charge in [-0.1, -0.05) is 30.3 Å². The van der Waals surface area contributed by atoms with E-state index < -0.39 is 5.91 Å². The molecule has 144 valence electrons. The van der Waals surface area contributed by atoms with Gasteiger partial charge in [0.2, 0.25) is 11.8 Å². The van der Waals surface area contributed by atoms with E-state index in [1.54, 1.807) is 25.3 Å². The molecule has 0 aliphatic rings. The normalized spacial score (nSPS) is 10.5. The van der Waals surface area contributed by atoms with E-state index in [0.29, 0.717) is 30.3 Å². The fraction of sp³-hybridized carbons (Fsp3) is 0.300. The molecule has 2 aromatic carbocycles. The molecule has 0 aliphatic carbocycles. The van der Waals surface area contributed by atoms with Crippen molar-refractivity contribution in [2.45, 2.75) is 13.0 Å². The van der Waals surface area contributed by atoms with Gasteiger partial charge in [0.1, 0.15) is 11.5 Å². The third kappa shape index (κ3) is 6.63. The van der Waals surface area contributed by atoms with Crippen LogP contribution in [0.1, 0.15) is 12.0 Å². The molecule has 27 heavy (non-hydrogen) atoms. The number of ether oxygens (including phenoxy) is 2. The fourth-order valence-corrected chi connectivity index (χ4v) is 2.63. The molecule has 0 radical (unpaired) electrons. The summed E-state index contributed by atoms with van der Waals surface area (Å²) >= 11 is 0. The van der Waals surface area contributed by atoms with Crippen LogP contribution in [0.3, 0.4) is 0 Å². The Hall–Kier alpha value is -3.06. The van der Waals surface area contributed by atoms with Crippen LogP contribution in [0, 0.1) is 0 Å². The van der Waals surface area contributed by atoms with Gasteiger partial charge in [-0.3, -0.25) is 14.5 Å². The molecule has 0 bridgehead atoms. The highest BCUT2D eigenvalue weighted by atomic mass is 16.5. The summed E-state index contributed by atoms with van der Waals surface area (Å²) in [6.07, 6.45) is 0.183. The molecule has 0 fully saturated rings. The number of nitrogens with zero attached hydrogens (tertiary/aromatic N) is 1. The number of nitrogens with one attached hydrogen (secondary N) is 1. The molecule has 0 saturated carbocycles. The summed E-state index contributed by atoms with van der Waals surface area (Å²) in [6, 6.07) is 14.9. The maximum atomic E-state index is 12.6. The average Bonchev–Trinajstić information content (AvgIpc) is 2.66. The molecule has 2 rings (SSSR count). The molecule has 0 atom stereocenters. The van der Waals surface area contributed by atoms with Crippen molar-refractivity contribution in [3.8, 4) is 11.5 Å². The van der Waals surface area contributed by atoms with Crippen molar-refractivity contribution in [3.63, 3.8) is 0 Å². The molecular formula is C20H25N3O4. The lowest BCUT2D eigenvalue weighted by molar-refractivity contribution is -0.120. The van der Waals surface area contributed by atoms with E-state index in [-0.39, 0.29) is 18.9 Å². The van der Waals surface area contributed by atoms with Gasteiger partial charge in [-0.05, 0) is 17.7 Å². The Balaban J connectivity index is 2.07. The zero-order valence-corrected chi connectivity index (χ0v) is 15.6. The van der Waals surface area contributed by atoms with Crippen LogP contribution in [0.2, 0.25) is 0 Å². The quantitative estimate of drug-likeness (QED) is 0.666. The number of anilines is 1. The number of nitrogens with two attached hydrogens (primary N) is 1. The van der Waals surface area contributed by atoms with Crippen molar-refractivity contribution in [3.05, 3.63) is 54.1 Å². The van der Waals surface area contributed by atoms with Crippen molar-refractivity contribution in [1.82, 2.24) is 4.90 Å². The lowest BCUT2D eigenvalue weighted by Gasteiger charge is -2.21. The van der Waals surface area contributed by atoms with E-state index in [1.807, 2.05) is 35.2 Å². The molecule has 7 heteroatoms. The molecule has 3 N–H and O–H groups in total. The summed E-state index contributed by atoms with van der Waals surface area (Å²) in [6.45, 7) is 1.05. The van der Waals surface area contributed by atoms with Crippen LogP contribution in [0.25, 0.3) is 0 Å². The number of benzene rings is 2. The molecule has 0 spiro atoms. The van der Waals surface area contributed by atoms with Crippen LogP contribution in [0.15, 0.2) is 48.5 Å². The first kappa shape index (κ1) is 20.3. The molecule has 0 aliphatic heterocycles. The van der Waals surface area contributed by atoms with Gasteiger partial charge < -0.3 is 20.5 Å². The van der Waals surface area contributed by atoms with Crippen LogP contribution >= 0.6 is 0 Å². The summed E-state index contributed by atoms with van der Waals surface area (Å²) < 4.78 is 10.5. The topological polar surface area (TPSA) is 93.9 Å². The predicted octanol–water partition coefficient (Wildman–Crippen LogP) is 2.02. The average molecular weight is 371 g/mol. The van der Waals surface area contributed by atoms with Crippen molar-refractivity contribution in [2.75, 3.05) is 32.6 Å². The number of carbonyl (C=O) groups excluding carboxylic acids is 2. The van der Waals surface area contributed by atoms with E-state index >= 15 is 0 Å². The fourth-order valence-electron chi connectivity index (χ4n) is 2.63. The SMILES string of the molecule is COc1ccc(OC)c(NC(=O)CN(CCC(N)=O)Cc2ccccc2)c1. The van der Waals surface area contributed by atoms with Crippen LogP contribution in [-0.2, 0) is 16.1 Å². The summed E-state index contributed by atoms with van der Waals surface area (Å²) in [5, 5.41) is 2.84. The van der Waals surface area contributed by atoms with Crippen LogP contribution in [0.5, 0.6) is 11.5 Å². The Kier molecular flexibility index (Phi) is 7.63. The van der Waals surface area contributed by atoms with Crippen molar-refractivity contribution in [2.24, 2.45) is 5.73 Å². The van der Waals surface area contributed by atoms with Crippen LogP contribution < -0.4 is 20.5 Å². The van der Waals surface area contributed by atoms with Gasteiger partial charge in [-0.2, -0.15) is 0 Å². The summed E-state index contributed by atoms with van der Waals surface area (Å²) in [5.41, 5.74) is 6.84. The first-order chi connectivity index (χ1) is 13.0. The van der Waals surface area contributed by atoms with Gasteiger partial charge in [-0.15, -0.1) is 0 Å². The molecular weight excluding hydrogens is 346 g/mol. The lowest BCUT2D eigenvalue weighted by atomic mass is 10.2. The van der Waals surface area contributed by atoms with Crippen LogP contribution in [-0.4, -0.2) is 44.0 Å².